The van der Waals surface area contributed by atoms with E-state index in [4.69, 9.17) is 9.47 Å². The van der Waals surface area contributed by atoms with Crippen molar-refractivity contribution >= 4 is 5.69 Å². The molecule has 3 unspecified atom stereocenters. The maximum Gasteiger partial charge on any atom is 0.119 e. The molecule has 5 rings (SSSR count). The summed E-state index contributed by atoms with van der Waals surface area (Å²) in [4.78, 5) is 2.51. The lowest BCUT2D eigenvalue weighted by molar-refractivity contribution is 0.339. The number of anilines is 1. The summed E-state index contributed by atoms with van der Waals surface area (Å²) in [6.07, 6.45) is 0. The average Bonchev–Trinajstić information content (AvgIpc) is 3.23. The van der Waals surface area contributed by atoms with Crippen LogP contribution in [0.3, 0.4) is 0 Å². The predicted octanol–water partition coefficient (Wildman–Crippen LogP) is 4.93. The molecule has 0 bridgehead atoms. The van der Waals surface area contributed by atoms with E-state index in [1.807, 2.05) is 6.92 Å². The fourth-order valence-electron chi connectivity index (χ4n) is 5.10. The third-order valence-electron chi connectivity index (χ3n) is 6.60. The Hall–Kier alpha value is -3.02. The SMILES string of the molecule is CCOc1ccc(C2NNC3c4cc(OC)ccc4N(Cc4cccc(C)c4)CC23)cc1. The Morgan fingerprint density at radius 1 is 0.938 bits per heavy atom. The summed E-state index contributed by atoms with van der Waals surface area (Å²) in [5, 5.41) is 0. The van der Waals surface area contributed by atoms with Gasteiger partial charge in [-0.3, -0.25) is 0 Å². The van der Waals surface area contributed by atoms with Crippen LogP contribution in [-0.2, 0) is 6.54 Å². The van der Waals surface area contributed by atoms with E-state index in [1.165, 1.54) is 27.9 Å². The molecule has 0 aliphatic carbocycles. The Morgan fingerprint density at radius 3 is 2.47 bits per heavy atom. The van der Waals surface area contributed by atoms with Gasteiger partial charge in [0, 0.05) is 24.7 Å². The lowest BCUT2D eigenvalue weighted by Crippen LogP contribution is -2.39. The Labute approximate surface area is 190 Å². The standard InChI is InChI=1S/C27H31N3O2/c1-4-32-21-10-8-20(9-11-21)26-24-17-30(16-19-7-5-6-18(2)14-19)25-13-12-22(31-3)15-23(25)27(24)29-28-26/h5-15,24,26-29H,4,16-17H2,1-3H3. The molecule has 0 aromatic heterocycles. The number of rotatable bonds is 6. The zero-order chi connectivity index (χ0) is 22.1. The maximum absolute atomic E-state index is 5.64. The van der Waals surface area contributed by atoms with Crippen molar-refractivity contribution in [1.29, 1.82) is 0 Å². The van der Waals surface area contributed by atoms with Gasteiger partial charge < -0.3 is 14.4 Å². The zero-order valence-electron chi connectivity index (χ0n) is 19.0. The molecule has 1 saturated heterocycles. The minimum atomic E-state index is 0.218. The number of fused-ring (bicyclic) bond motifs is 3. The molecule has 0 radical (unpaired) electrons. The number of ether oxygens (including phenoxy) is 2. The van der Waals surface area contributed by atoms with E-state index < -0.39 is 0 Å². The van der Waals surface area contributed by atoms with E-state index >= 15 is 0 Å². The van der Waals surface area contributed by atoms with Crippen molar-refractivity contribution in [2.75, 3.05) is 25.2 Å². The molecule has 3 aromatic rings. The lowest BCUT2D eigenvalue weighted by atomic mass is 9.82. The van der Waals surface area contributed by atoms with Crippen LogP contribution in [0, 0.1) is 12.8 Å². The normalized spacial score (nSPS) is 21.7. The number of nitrogens with one attached hydrogen (secondary N) is 2. The quantitative estimate of drug-likeness (QED) is 0.582. The third kappa shape index (κ3) is 3.94. The van der Waals surface area contributed by atoms with Crippen LogP contribution in [0.4, 0.5) is 5.69 Å². The molecule has 166 valence electrons. The summed E-state index contributed by atoms with van der Waals surface area (Å²) in [5.41, 5.74) is 13.6. The van der Waals surface area contributed by atoms with Gasteiger partial charge in [-0.25, -0.2) is 10.9 Å². The van der Waals surface area contributed by atoms with Gasteiger partial charge in [0.25, 0.3) is 0 Å². The summed E-state index contributed by atoms with van der Waals surface area (Å²) >= 11 is 0. The highest BCUT2D eigenvalue weighted by atomic mass is 16.5. The third-order valence-corrected chi connectivity index (χ3v) is 6.60. The van der Waals surface area contributed by atoms with Crippen LogP contribution in [0.2, 0.25) is 0 Å². The Kier molecular flexibility index (Phi) is 5.77. The van der Waals surface area contributed by atoms with Crippen LogP contribution in [0.15, 0.2) is 66.7 Å². The molecular weight excluding hydrogens is 398 g/mol. The van der Waals surface area contributed by atoms with Gasteiger partial charge in [0.15, 0.2) is 0 Å². The molecule has 0 spiro atoms. The number of hydrogen-bond acceptors (Lipinski definition) is 5. The predicted molar refractivity (Wildman–Crippen MR) is 128 cm³/mol. The first-order valence-electron chi connectivity index (χ1n) is 11.4. The molecule has 3 atom stereocenters. The first kappa shape index (κ1) is 20.9. The largest absolute Gasteiger partial charge is 0.497 e. The van der Waals surface area contributed by atoms with Gasteiger partial charge in [0.2, 0.25) is 0 Å². The van der Waals surface area contributed by atoms with Crippen molar-refractivity contribution < 1.29 is 9.47 Å². The maximum atomic E-state index is 5.64. The van der Waals surface area contributed by atoms with E-state index in [1.54, 1.807) is 7.11 Å². The molecule has 1 fully saturated rings. The van der Waals surface area contributed by atoms with Crippen LogP contribution >= 0.6 is 0 Å². The molecule has 2 N–H and O–H groups in total. The summed E-state index contributed by atoms with van der Waals surface area (Å²) in [6.45, 7) is 6.70. The minimum Gasteiger partial charge on any atom is -0.497 e. The van der Waals surface area contributed by atoms with Gasteiger partial charge in [-0.1, -0.05) is 42.0 Å². The fraction of sp³-hybridized carbons (Fsp3) is 0.333. The molecule has 0 saturated carbocycles. The second-order valence-electron chi connectivity index (χ2n) is 8.70. The molecule has 5 heteroatoms. The van der Waals surface area contributed by atoms with E-state index in [0.29, 0.717) is 12.5 Å². The van der Waals surface area contributed by atoms with Crippen molar-refractivity contribution in [3.63, 3.8) is 0 Å². The van der Waals surface area contributed by atoms with E-state index in [-0.39, 0.29) is 12.1 Å². The van der Waals surface area contributed by atoms with Crippen LogP contribution < -0.4 is 25.2 Å². The topological polar surface area (TPSA) is 45.8 Å². The van der Waals surface area contributed by atoms with Crippen LogP contribution in [0.5, 0.6) is 11.5 Å². The van der Waals surface area contributed by atoms with Crippen molar-refractivity contribution in [2.24, 2.45) is 5.92 Å². The molecule has 2 aliphatic rings. The number of hydrogen-bond donors (Lipinski definition) is 2. The van der Waals surface area contributed by atoms with Crippen molar-refractivity contribution in [3.05, 3.63) is 89.0 Å². The van der Waals surface area contributed by atoms with Gasteiger partial charge >= 0.3 is 0 Å². The minimum absolute atomic E-state index is 0.218. The summed E-state index contributed by atoms with van der Waals surface area (Å²) < 4.78 is 11.2. The smallest absolute Gasteiger partial charge is 0.119 e. The van der Waals surface area contributed by atoms with Gasteiger partial charge in [-0.2, -0.15) is 0 Å². The second kappa shape index (κ2) is 8.85. The summed E-state index contributed by atoms with van der Waals surface area (Å²) in [6, 6.07) is 24.2. The van der Waals surface area contributed by atoms with Gasteiger partial charge in [0.1, 0.15) is 11.5 Å². The first-order chi connectivity index (χ1) is 15.7. The number of aryl methyl sites for hydroxylation is 1. The van der Waals surface area contributed by atoms with Crippen LogP contribution in [0.1, 0.15) is 41.3 Å². The van der Waals surface area contributed by atoms with Crippen LogP contribution in [-0.4, -0.2) is 20.3 Å². The van der Waals surface area contributed by atoms with E-state index in [2.05, 4.69) is 89.4 Å². The molecule has 2 aliphatic heterocycles. The molecular formula is C27H31N3O2. The average molecular weight is 430 g/mol. The van der Waals surface area contributed by atoms with E-state index in [9.17, 15) is 0 Å². The van der Waals surface area contributed by atoms with E-state index in [0.717, 1.165) is 24.6 Å². The lowest BCUT2D eigenvalue weighted by Gasteiger charge is -2.39. The molecule has 0 amide bonds. The van der Waals surface area contributed by atoms with Crippen LogP contribution in [0.25, 0.3) is 0 Å². The van der Waals surface area contributed by atoms with Crippen molar-refractivity contribution in [3.8, 4) is 11.5 Å². The monoisotopic (exact) mass is 429 g/mol. The second-order valence-corrected chi connectivity index (χ2v) is 8.70. The van der Waals surface area contributed by atoms with Gasteiger partial charge in [-0.15, -0.1) is 0 Å². The number of methoxy groups -OCH3 is 1. The molecule has 2 heterocycles. The number of nitrogens with zero attached hydrogens (tertiary/aromatic N) is 1. The van der Waals surface area contributed by atoms with Crippen molar-refractivity contribution in [1.82, 2.24) is 10.9 Å². The fourth-order valence-corrected chi connectivity index (χ4v) is 5.10. The molecule has 32 heavy (non-hydrogen) atoms. The van der Waals surface area contributed by atoms with Crippen molar-refractivity contribution in [2.45, 2.75) is 32.5 Å². The first-order valence-corrected chi connectivity index (χ1v) is 11.4. The number of benzene rings is 3. The van der Waals surface area contributed by atoms with Gasteiger partial charge in [0.05, 0.1) is 25.8 Å². The molecule has 3 aromatic carbocycles. The Morgan fingerprint density at radius 2 is 1.72 bits per heavy atom. The summed E-state index contributed by atoms with van der Waals surface area (Å²) in [7, 11) is 1.73. The molecule has 5 nitrogen and oxygen atoms in total. The van der Waals surface area contributed by atoms with Gasteiger partial charge in [-0.05, 0) is 60.9 Å². The highest BCUT2D eigenvalue weighted by Gasteiger charge is 2.43. The Balaban J connectivity index is 1.48. The highest BCUT2D eigenvalue weighted by Crippen LogP contribution is 2.46. The highest BCUT2D eigenvalue weighted by molar-refractivity contribution is 5.61. The zero-order valence-corrected chi connectivity index (χ0v) is 19.0. The Bertz CT molecular complexity index is 1080. The summed E-state index contributed by atoms with van der Waals surface area (Å²) in [5.74, 6) is 2.20. The number of hydrazine groups is 1.